The molecule has 0 spiro atoms. The van der Waals surface area contributed by atoms with Gasteiger partial charge in [-0.2, -0.15) is 0 Å². The second kappa shape index (κ2) is 7.97. The van der Waals surface area contributed by atoms with Gasteiger partial charge in [-0.25, -0.2) is 0 Å². The zero-order valence-corrected chi connectivity index (χ0v) is 14.5. The van der Waals surface area contributed by atoms with E-state index in [0.29, 0.717) is 12.0 Å². The van der Waals surface area contributed by atoms with E-state index in [4.69, 9.17) is 4.74 Å². The number of aliphatic hydroxyl groups is 1. The van der Waals surface area contributed by atoms with Crippen LogP contribution in [0, 0.1) is 0 Å². The van der Waals surface area contributed by atoms with Gasteiger partial charge in [-0.1, -0.05) is 31.2 Å². The normalized spacial score (nSPS) is 13.2. The topological polar surface area (TPSA) is 58.6 Å². The fourth-order valence-electron chi connectivity index (χ4n) is 2.51. The smallest absolute Gasteiger partial charge is 0.251 e. The maximum Gasteiger partial charge on any atom is 0.251 e. The predicted molar refractivity (Wildman–Crippen MR) is 95.5 cm³/mol. The molecule has 1 amide bonds. The molecule has 0 heterocycles. The third-order valence-electron chi connectivity index (χ3n) is 4.00. The monoisotopic (exact) mass is 327 g/mol. The average molecular weight is 327 g/mol. The predicted octanol–water partition coefficient (Wildman–Crippen LogP) is 2.98. The molecule has 2 rings (SSSR count). The zero-order chi connectivity index (χ0) is 17.6. The third kappa shape index (κ3) is 5.10. The molecule has 0 fully saturated rings. The van der Waals surface area contributed by atoms with Gasteiger partial charge in [-0.05, 0) is 48.7 Å². The van der Waals surface area contributed by atoms with Gasteiger partial charge in [0.05, 0.1) is 12.7 Å². The summed E-state index contributed by atoms with van der Waals surface area (Å²) in [6.07, 6.45) is 1.39. The van der Waals surface area contributed by atoms with Gasteiger partial charge in [-0.15, -0.1) is 0 Å². The van der Waals surface area contributed by atoms with Crippen molar-refractivity contribution in [2.45, 2.75) is 32.3 Å². The van der Waals surface area contributed by atoms with Crippen LogP contribution < -0.4 is 10.1 Å². The van der Waals surface area contributed by atoms with Crippen molar-refractivity contribution in [2.75, 3.05) is 13.7 Å². The van der Waals surface area contributed by atoms with E-state index in [2.05, 4.69) is 12.2 Å². The molecule has 24 heavy (non-hydrogen) atoms. The Bertz CT molecular complexity index is 660. The van der Waals surface area contributed by atoms with E-state index in [1.807, 2.05) is 48.5 Å². The van der Waals surface area contributed by atoms with E-state index < -0.39 is 5.60 Å². The van der Waals surface area contributed by atoms with Crippen molar-refractivity contribution in [1.82, 2.24) is 5.32 Å². The molecule has 0 aromatic heterocycles. The first-order valence-corrected chi connectivity index (χ1v) is 8.16. The summed E-state index contributed by atoms with van der Waals surface area (Å²) in [5.74, 6) is 0.606. The lowest BCUT2D eigenvalue weighted by Crippen LogP contribution is -2.42. The SMILES string of the molecule is CCc1ccc(C(=O)NCC(C)(O)Cc2ccc(OC)cc2)cc1. The summed E-state index contributed by atoms with van der Waals surface area (Å²) >= 11 is 0. The number of amides is 1. The molecule has 128 valence electrons. The highest BCUT2D eigenvalue weighted by Crippen LogP contribution is 2.17. The Balaban J connectivity index is 1.91. The first-order valence-electron chi connectivity index (χ1n) is 8.16. The van der Waals surface area contributed by atoms with E-state index in [-0.39, 0.29) is 12.5 Å². The van der Waals surface area contributed by atoms with Crippen molar-refractivity contribution in [1.29, 1.82) is 0 Å². The fourth-order valence-corrected chi connectivity index (χ4v) is 2.51. The van der Waals surface area contributed by atoms with E-state index in [1.165, 1.54) is 5.56 Å². The Kier molecular flexibility index (Phi) is 5.99. The Morgan fingerprint density at radius 3 is 2.21 bits per heavy atom. The highest BCUT2D eigenvalue weighted by Gasteiger charge is 2.22. The molecule has 0 aliphatic heterocycles. The second-order valence-electron chi connectivity index (χ2n) is 6.25. The molecule has 0 saturated carbocycles. The summed E-state index contributed by atoms with van der Waals surface area (Å²) in [4.78, 5) is 12.2. The highest BCUT2D eigenvalue weighted by atomic mass is 16.5. The van der Waals surface area contributed by atoms with Crippen molar-refractivity contribution < 1.29 is 14.6 Å². The van der Waals surface area contributed by atoms with Crippen LogP contribution in [0.15, 0.2) is 48.5 Å². The molecular weight excluding hydrogens is 302 g/mol. The van der Waals surface area contributed by atoms with Crippen LogP contribution in [0.4, 0.5) is 0 Å². The number of nitrogens with one attached hydrogen (secondary N) is 1. The molecule has 0 saturated heterocycles. The summed E-state index contributed by atoms with van der Waals surface area (Å²) in [5.41, 5.74) is 1.76. The largest absolute Gasteiger partial charge is 0.497 e. The maximum atomic E-state index is 12.2. The molecule has 0 radical (unpaired) electrons. The van der Waals surface area contributed by atoms with Crippen molar-refractivity contribution in [2.24, 2.45) is 0 Å². The number of methoxy groups -OCH3 is 1. The summed E-state index contributed by atoms with van der Waals surface area (Å²) in [7, 11) is 1.62. The van der Waals surface area contributed by atoms with E-state index in [1.54, 1.807) is 14.0 Å². The number of ether oxygens (including phenoxy) is 1. The van der Waals surface area contributed by atoms with E-state index in [0.717, 1.165) is 17.7 Å². The van der Waals surface area contributed by atoms with Gasteiger partial charge in [0.2, 0.25) is 0 Å². The number of hydrogen-bond donors (Lipinski definition) is 2. The van der Waals surface area contributed by atoms with Crippen molar-refractivity contribution in [3.05, 3.63) is 65.2 Å². The summed E-state index contributed by atoms with van der Waals surface area (Å²) in [6.45, 7) is 3.98. The Hall–Kier alpha value is -2.33. The first kappa shape index (κ1) is 18.0. The van der Waals surface area contributed by atoms with Gasteiger partial charge < -0.3 is 15.2 Å². The molecule has 1 atom stereocenters. The van der Waals surface area contributed by atoms with E-state index >= 15 is 0 Å². The minimum atomic E-state index is -1.02. The molecule has 0 aliphatic rings. The lowest BCUT2D eigenvalue weighted by atomic mass is 9.96. The number of hydrogen-bond acceptors (Lipinski definition) is 3. The average Bonchev–Trinajstić information content (AvgIpc) is 2.60. The maximum absolute atomic E-state index is 12.2. The van der Waals surface area contributed by atoms with Gasteiger partial charge in [0, 0.05) is 18.5 Å². The molecule has 4 nitrogen and oxygen atoms in total. The standard InChI is InChI=1S/C20H25NO3/c1-4-15-5-9-17(10-6-15)19(22)21-14-20(2,23)13-16-7-11-18(24-3)12-8-16/h5-12,23H,4,13-14H2,1-3H3,(H,21,22). The molecule has 2 N–H and O–H groups in total. The Morgan fingerprint density at radius 2 is 1.67 bits per heavy atom. The zero-order valence-electron chi connectivity index (χ0n) is 14.5. The van der Waals surface area contributed by atoms with Gasteiger partial charge in [0.15, 0.2) is 0 Å². The summed E-state index contributed by atoms with van der Waals surface area (Å²) < 4.78 is 5.12. The van der Waals surface area contributed by atoms with Crippen LogP contribution in [0.1, 0.15) is 35.3 Å². The number of carbonyl (C=O) groups excluding carboxylic acids is 1. The van der Waals surface area contributed by atoms with Crippen molar-refractivity contribution >= 4 is 5.91 Å². The lowest BCUT2D eigenvalue weighted by molar-refractivity contribution is 0.0552. The number of rotatable bonds is 7. The quantitative estimate of drug-likeness (QED) is 0.822. The minimum Gasteiger partial charge on any atom is -0.497 e. The minimum absolute atomic E-state index is 0.173. The summed E-state index contributed by atoms with van der Waals surface area (Å²) in [6, 6.07) is 15.1. The van der Waals surface area contributed by atoms with Crippen LogP contribution in [0.2, 0.25) is 0 Å². The second-order valence-corrected chi connectivity index (χ2v) is 6.25. The molecular formula is C20H25NO3. The van der Waals surface area contributed by atoms with Gasteiger partial charge >= 0.3 is 0 Å². The van der Waals surface area contributed by atoms with Crippen LogP contribution in [0.3, 0.4) is 0 Å². The lowest BCUT2D eigenvalue weighted by Gasteiger charge is -2.24. The molecule has 2 aromatic carbocycles. The molecule has 2 aromatic rings. The Morgan fingerprint density at radius 1 is 1.08 bits per heavy atom. The Labute approximate surface area is 143 Å². The van der Waals surface area contributed by atoms with Crippen LogP contribution in [-0.4, -0.2) is 30.3 Å². The van der Waals surface area contributed by atoms with Gasteiger partial charge in [0.25, 0.3) is 5.91 Å². The fraction of sp³-hybridized carbons (Fsp3) is 0.350. The number of aryl methyl sites for hydroxylation is 1. The molecule has 1 unspecified atom stereocenters. The van der Waals surface area contributed by atoms with Crippen LogP contribution in [0.25, 0.3) is 0 Å². The van der Waals surface area contributed by atoms with Crippen molar-refractivity contribution in [3.63, 3.8) is 0 Å². The molecule has 4 heteroatoms. The molecule has 0 aliphatic carbocycles. The third-order valence-corrected chi connectivity index (χ3v) is 4.00. The van der Waals surface area contributed by atoms with Crippen molar-refractivity contribution in [3.8, 4) is 5.75 Å². The highest BCUT2D eigenvalue weighted by molar-refractivity contribution is 5.94. The van der Waals surface area contributed by atoms with Crippen LogP contribution >= 0.6 is 0 Å². The van der Waals surface area contributed by atoms with Gasteiger partial charge in [-0.3, -0.25) is 4.79 Å². The van der Waals surface area contributed by atoms with Crippen LogP contribution in [0.5, 0.6) is 5.75 Å². The molecule has 0 bridgehead atoms. The number of carbonyl (C=O) groups is 1. The summed E-state index contributed by atoms with van der Waals surface area (Å²) in [5, 5.41) is 13.3. The first-order chi connectivity index (χ1) is 11.4. The van der Waals surface area contributed by atoms with Crippen LogP contribution in [-0.2, 0) is 12.8 Å². The van der Waals surface area contributed by atoms with Gasteiger partial charge in [0.1, 0.15) is 5.75 Å². The van der Waals surface area contributed by atoms with E-state index in [9.17, 15) is 9.90 Å². The number of benzene rings is 2.